The number of rotatable bonds is 3. The molecule has 1 heterocycles. The molecule has 1 aromatic heterocycles. The van der Waals surface area contributed by atoms with Crippen molar-refractivity contribution in [3.8, 4) is 16.9 Å². The van der Waals surface area contributed by atoms with E-state index in [9.17, 15) is 4.79 Å². The van der Waals surface area contributed by atoms with Crippen LogP contribution in [-0.4, -0.2) is 7.11 Å². The fourth-order valence-electron chi connectivity index (χ4n) is 2.51. The van der Waals surface area contributed by atoms with E-state index >= 15 is 0 Å². The van der Waals surface area contributed by atoms with Gasteiger partial charge >= 0.3 is 0 Å². The van der Waals surface area contributed by atoms with Crippen LogP contribution in [0, 0.1) is 0 Å². The van der Waals surface area contributed by atoms with Crippen LogP contribution in [0.5, 0.6) is 5.75 Å². The fraction of sp³-hybridized carbons (Fsp3) is 0.211. The van der Waals surface area contributed by atoms with Gasteiger partial charge in [0, 0.05) is 5.56 Å². The smallest absolute Gasteiger partial charge is 0.196 e. The Bertz CT molecular complexity index is 858. The molecule has 0 spiro atoms. The topological polar surface area (TPSA) is 39.4 Å². The number of methoxy groups -OCH3 is 1. The zero-order valence-electron chi connectivity index (χ0n) is 12.9. The average molecular weight is 294 g/mol. The molecule has 3 rings (SSSR count). The summed E-state index contributed by atoms with van der Waals surface area (Å²) in [7, 11) is 1.64. The lowest BCUT2D eigenvalue weighted by molar-refractivity contribution is 0.415. The summed E-state index contributed by atoms with van der Waals surface area (Å²) in [5.41, 5.74) is 3.40. The highest BCUT2D eigenvalue weighted by molar-refractivity contribution is 5.83. The summed E-state index contributed by atoms with van der Waals surface area (Å²) in [4.78, 5) is 12.6. The first-order valence-corrected chi connectivity index (χ1v) is 7.30. The molecule has 3 heteroatoms. The molecule has 0 N–H and O–H groups in total. The highest BCUT2D eigenvalue weighted by atomic mass is 16.5. The van der Waals surface area contributed by atoms with Crippen LogP contribution < -0.4 is 10.2 Å². The standard InChI is InChI=1S/C19H18O3/c1-12(2)17-11-22-18-9-6-14(10-16(18)19(17)20)13-4-7-15(21-3)8-5-13/h4-12H,1-3H3. The number of ether oxygens (including phenoxy) is 1. The SMILES string of the molecule is COc1ccc(-c2ccc3occ(C(C)C)c(=O)c3c2)cc1. The maximum absolute atomic E-state index is 12.6. The maximum Gasteiger partial charge on any atom is 0.196 e. The Kier molecular flexibility index (Phi) is 3.72. The van der Waals surface area contributed by atoms with Gasteiger partial charge in [0.15, 0.2) is 5.43 Å². The van der Waals surface area contributed by atoms with E-state index in [1.54, 1.807) is 13.4 Å². The predicted octanol–water partition coefficient (Wildman–Crippen LogP) is 4.59. The predicted molar refractivity (Wildman–Crippen MR) is 88.6 cm³/mol. The molecule has 112 valence electrons. The minimum Gasteiger partial charge on any atom is -0.497 e. The summed E-state index contributed by atoms with van der Waals surface area (Å²) in [5.74, 6) is 0.955. The van der Waals surface area contributed by atoms with Gasteiger partial charge in [-0.15, -0.1) is 0 Å². The van der Waals surface area contributed by atoms with Crippen molar-refractivity contribution >= 4 is 11.0 Å². The molecule has 0 unspecified atom stereocenters. The number of benzene rings is 2. The largest absolute Gasteiger partial charge is 0.497 e. The lowest BCUT2D eigenvalue weighted by Crippen LogP contribution is -2.10. The van der Waals surface area contributed by atoms with Gasteiger partial charge in [0.1, 0.15) is 11.3 Å². The molecule has 0 amide bonds. The Balaban J connectivity index is 2.15. The lowest BCUT2D eigenvalue weighted by Gasteiger charge is -2.07. The van der Waals surface area contributed by atoms with Crippen molar-refractivity contribution in [1.82, 2.24) is 0 Å². The highest BCUT2D eigenvalue weighted by Crippen LogP contribution is 2.26. The summed E-state index contributed by atoms with van der Waals surface area (Å²) < 4.78 is 10.8. The molecule has 0 radical (unpaired) electrons. The first-order valence-electron chi connectivity index (χ1n) is 7.30. The van der Waals surface area contributed by atoms with Crippen molar-refractivity contribution in [2.24, 2.45) is 0 Å². The Hall–Kier alpha value is -2.55. The minimum absolute atomic E-state index is 0.0478. The van der Waals surface area contributed by atoms with Gasteiger partial charge in [0.25, 0.3) is 0 Å². The van der Waals surface area contributed by atoms with E-state index in [1.807, 2.05) is 56.3 Å². The first-order chi connectivity index (χ1) is 10.6. The van der Waals surface area contributed by atoms with Gasteiger partial charge in [-0.3, -0.25) is 4.79 Å². The maximum atomic E-state index is 12.6. The molecule has 0 saturated heterocycles. The third-order valence-corrected chi connectivity index (χ3v) is 3.84. The van der Waals surface area contributed by atoms with Gasteiger partial charge in [-0.2, -0.15) is 0 Å². The molecule has 0 aliphatic rings. The third-order valence-electron chi connectivity index (χ3n) is 3.84. The van der Waals surface area contributed by atoms with Crippen LogP contribution in [0.15, 0.2) is 57.9 Å². The van der Waals surface area contributed by atoms with Crippen LogP contribution in [0.2, 0.25) is 0 Å². The second-order valence-electron chi connectivity index (χ2n) is 5.61. The highest BCUT2D eigenvalue weighted by Gasteiger charge is 2.11. The van der Waals surface area contributed by atoms with E-state index in [0.717, 1.165) is 16.9 Å². The van der Waals surface area contributed by atoms with Gasteiger partial charge in [-0.05, 0) is 41.3 Å². The van der Waals surface area contributed by atoms with Crippen molar-refractivity contribution in [1.29, 1.82) is 0 Å². The van der Waals surface area contributed by atoms with Crippen molar-refractivity contribution < 1.29 is 9.15 Å². The average Bonchev–Trinajstić information content (AvgIpc) is 2.55. The van der Waals surface area contributed by atoms with Crippen molar-refractivity contribution in [3.05, 3.63) is 64.5 Å². The van der Waals surface area contributed by atoms with Crippen LogP contribution >= 0.6 is 0 Å². The first kappa shape index (κ1) is 14.4. The molecule has 0 atom stereocenters. The van der Waals surface area contributed by atoms with Crippen molar-refractivity contribution in [2.75, 3.05) is 7.11 Å². The minimum atomic E-state index is 0.0478. The van der Waals surface area contributed by atoms with Crippen LogP contribution in [0.3, 0.4) is 0 Å². The van der Waals surface area contributed by atoms with Crippen molar-refractivity contribution in [3.63, 3.8) is 0 Å². The summed E-state index contributed by atoms with van der Waals surface area (Å²) in [6, 6.07) is 13.5. The van der Waals surface area contributed by atoms with Crippen molar-refractivity contribution in [2.45, 2.75) is 19.8 Å². The molecule has 0 saturated carbocycles. The number of hydrogen-bond acceptors (Lipinski definition) is 3. The second-order valence-corrected chi connectivity index (χ2v) is 5.61. The molecule has 3 aromatic rings. The zero-order chi connectivity index (χ0) is 15.7. The van der Waals surface area contributed by atoms with E-state index in [4.69, 9.17) is 9.15 Å². The molecule has 3 nitrogen and oxygen atoms in total. The summed E-state index contributed by atoms with van der Waals surface area (Å²) in [6.07, 6.45) is 1.57. The van der Waals surface area contributed by atoms with E-state index < -0.39 is 0 Å². The van der Waals surface area contributed by atoms with Gasteiger partial charge < -0.3 is 9.15 Å². The molecule has 0 bridgehead atoms. The fourth-order valence-corrected chi connectivity index (χ4v) is 2.51. The molecule has 0 aliphatic carbocycles. The third kappa shape index (κ3) is 2.50. The van der Waals surface area contributed by atoms with E-state index in [2.05, 4.69) is 0 Å². The van der Waals surface area contributed by atoms with E-state index in [0.29, 0.717) is 16.5 Å². The number of fused-ring (bicyclic) bond motifs is 1. The van der Waals surface area contributed by atoms with Crippen LogP contribution in [0.4, 0.5) is 0 Å². The monoisotopic (exact) mass is 294 g/mol. The van der Waals surface area contributed by atoms with Gasteiger partial charge in [-0.1, -0.05) is 32.0 Å². The Morgan fingerprint density at radius 3 is 2.32 bits per heavy atom. The van der Waals surface area contributed by atoms with E-state index in [-0.39, 0.29) is 11.3 Å². The molecule has 0 aliphatic heterocycles. The number of hydrogen-bond donors (Lipinski definition) is 0. The van der Waals surface area contributed by atoms with Crippen LogP contribution in [-0.2, 0) is 0 Å². The molecular weight excluding hydrogens is 276 g/mol. The van der Waals surface area contributed by atoms with Gasteiger partial charge in [-0.25, -0.2) is 0 Å². The summed E-state index contributed by atoms with van der Waals surface area (Å²) in [5, 5.41) is 0.625. The van der Waals surface area contributed by atoms with Crippen LogP contribution in [0.25, 0.3) is 22.1 Å². The van der Waals surface area contributed by atoms with Crippen LogP contribution in [0.1, 0.15) is 25.3 Å². The summed E-state index contributed by atoms with van der Waals surface area (Å²) >= 11 is 0. The molecular formula is C19H18O3. The Morgan fingerprint density at radius 2 is 1.68 bits per heavy atom. The zero-order valence-corrected chi connectivity index (χ0v) is 12.9. The Labute approximate surface area is 129 Å². The quantitative estimate of drug-likeness (QED) is 0.709. The van der Waals surface area contributed by atoms with E-state index in [1.165, 1.54) is 0 Å². The normalized spacial score (nSPS) is 11.1. The molecule has 0 fully saturated rings. The van der Waals surface area contributed by atoms with Gasteiger partial charge in [0.2, 0.25) is 0 Å². The molecule has 2 aromatic carbocycles. The second kappa shape index (κ2) is 5.68. The molecule has 22 heavy (non-hydrogen) atoms. The van der Waals surface area contributed by atoms with Gasteiger partial charge in [0.05, 0.1) is 18.8 Å². The lowest BCUT2D eigenvalue weighted by atomic mass is 10.00. The Morgan fingerprint density at radius 1 is 1.00 bits per heavy atom. The summed E-state index contributed by atoms with van der Waals surface area (Å²) in [6.45, 7) is 3.98.